The van der Waals surface area contributed by atoms with E-state index < -0.39 is 17.8 Å². The van der Waals surface area contributed by atoms with Gasteiger partial charge < -0.3 is 10.4 Å². The van der Waals surface area contributed by atoms with Gasteiger partial charge in [0.25, 0.3) is 0 Å². The summed E-state index contributed by atoms with van der Waals surface area (Å²) in [5.74, 6) is 0.969. The summed E-state index contributed by atoms with van der Waals surface area (Å²) in [6, 6.07) is 4.83. The largest absolute Gasteiger partial charge is 0.416 e. The maximum Gasteiger partial charge on any atom is 0.416 e. The van der Waals surface area contributed by atoms with Gasteiger partial charge in [-0.15, -0.1) is 0 Å². The summed E-state index contributed by atoms with van der Waals surface area (Å²) in [6.45, 7) is 7.28. The van der Waals surface area contributed by atoms with Crippen molar-refractivity contribution in [1.29, 1.82) is 0 Å². The molecule has 0 amide bonds. The van der Waals surface area contributed by atoms with Crippen LogP contribution in [-0.2, 0) is 6.18 Å². The molecule has 0 aliphatic rings. The molecule has 114 valence electrons. The first kappa shape index (κ1) is 17.0. The lowest BCUT2D eigenvalue weighted by Crippen LogP contribution is -2.28. The third kappa shape index (κ3) is 5.13. The van der Waals surface area contributed by atoms with E-state index in [9.17, 15) is 18.3 Å². The van der Waals surface area contributed by atoms with E-state index in [1.165, 1.54) is 12.1 Å². The van der Waals surface area contributed by atoms with Crippen molar-refractivity contribution in [2.45, 2.75) is 33.1 Å². The van der Waals surface area contributed by atoms with Gasteiger partial charge in [0.05, 0.1) is 11.7 Å². The Balaban J connectivity index is 2.58. The van der Waals surface area contributed by atoms with Crippen LogP contribution in [0.5, 0.6) is 0 Å². The van der Waals surface area contributed by atoms with Gasteiger partial charge in [-0.1, -0.05) is 32.9 Å². The monoisotopic (exact) mass is 289 g/mol. The van der Waals surface area contributed by atoms with Crippen molar-refractivity contribution in [3.8, 4) is 0 Å². The van der Waals surface area contributed by atoms with Gasteiger partial charge in [-0.3, -0.25) is 0 Å². The maximum atomic E-state index is 12.6. The average molecular weight is 289 g/mol. The van der Waals surface area contributed by atoms with Crippen LogP contribution in [0.2, 0.25) is 0 Å². The van der Waals surface area contributed by atoms with Crippen LogP contribution in [0, 0.1) is 11.8 Å². The van der Waals surface area contributed by atoms with Gasteiger partial charge in [-0.2, -0.15) is 13.2 Å². The van der Waals surface area contributed by atoms with Gasteiger partial charge in [0.2, 0.25) is 0 Å². The molecular formula is C15H22F3NO. The van der Waals surface area contributed by atoms with Crippen molar-refractivity contribution < 1.29 is 18.3 Å². The molecule has 0 saturated heterocycles. The Morgan fingerprint density at radius 3 is 2.35 bits per heavy atom. The lowest BCUT2D eigenvalue weighted by Gasteiger charge is -2.18. The summed E-state index contributed by atoms with van der Waals surface area (Å²) >= 11 is 0. The minimum absolute atomic E-state index is 0.248. The molecule has 0 bridgehead atoms. The lowest BCUT2D eigenvalue weighted by atomic mass is 9.98. The second kappa shape index (κ2) is 7.09. The number of rotatable bonds is 6. The van der Waals surface area contributed by atoms with Crippen LogP contribution in [0.1, 0.15) is 38.0 Å². The Kier molecular flexibility index (Phi) is 6.02. The number of aliphatic hydroxyl groups excluding tert-OH is 1. The normalized spacial score (nSPS) is 15.4. The van der Waals surface area contributed by atoms with Crippen LogP contribution in [0.3, 0.4) is 0 Å². The SMILES string of the molecule is CC(C)C(C)CNCC(O)c1cccc(C(F)(F)F)c1. The van der Waals surface area contributed by atoms with Gasteiger partial charge in [-0.25, -0.2) is 0 Å². The highest BCUT2D eigenvalue weighted by molar-refractivity contribution is 5.27. The van der Waals surface area contributed by atoms with Crippen molar-refractivity contribution in [3.63, 3.8) is 0 Å². The Hall–Kier alpha value is -1.07. The van der Waals surface area contributed by atoms with E-state index >= 15 is 0 Å². The summed E-state index contributed by atoms with van der Waals surface area (Å²) in [4.78, 5) is 0. The van der Waals surface area contributed by atoms with Gasteiger partial charge in [-0.05, 0) is 36.1 Å². The number of aliphatic hydroxyl groups is 1. The van der Waals surface area contributed by atoms with Crippen LogP contribution in [0.15, 0.2) is 24.3 Å². The first-order valence-electron chi connectivity index (χ1n) is 6.77. The Bertz CT molecular complexity index is 418. The topological polar surface area (TPSA) is 32.3 Å². The first-order valence-corrected chi connectivity index (χ1v) is 6.77. The number of benzene rings is 1. The number of nitrogens with one attached hydrogen (secondary N) is 1. The van der Waals surface area contributed by atoms with E-state index in [0.29, 0.717) is 11.8 Å². The van der Waals surface area contributed by atoms with Crippen molar-refractivity contribution in [2.24, 2.45) is 11.8 Å². The van der Waals surface area contributed by atoms with Gasteiger partial charge in [0.15, 0.2) is 0 Å². The van der Waals surface area contributed by atoms with Crippen molar-refractivity contribution >= 4 is 0 Å². The molecule has 1 rings (SSSR count). The van der Waals surface area contributed by atoms with Crippen molar-refractivity contribution in [2.75, 3.05) is 13.1 Å². The molecule has 0 heterocycles. The number of halogens is 3. The molecule has 1 aromatic rings. The fraction of sp³-hybridized carbons (Fsp3) is 0.600. The van der Waals surface area contributed by atoms with E-state index in [4.69, 9.17) is 0 Å². The zero-order valence-electron chi connectivity index (χ0n) is 12.0. The van der Waals surface area contributed by atoms with E-state index in [2.05, 4.69) is 26.1 Å². The minimum Gasteiger partial charge on any atom is -0.387 e. The second-order valence-corrected chi connectivity index (χ2v) is 5.52. The maximum absolute atomic E-state index is 12.6. The number of alkyl halides is 3. The van der Waals surface area contributed by atoms with Gasteiger partial charge >= 0.3 is 6.18 Å². The minimum atomic E-state index is -4.38. The van der Waals surface area contributed by atoms with Crippen LogP contribution in [0.25, 0.3) is 0 Å². The third-order valence-corrected chi connectivity index (χ3v) is 3.54. The summed E-state index contributed by atoms with van der Waals surface area (Å²) in [5, 5.41) is 13.0. The number of hydrogen-bond acceptors (Lipinski definition) is 2. The quantitative estimate of drug-likeness (QED) is 0.838. The van der Waals surface area contributed by atoms with Crippen LogP contribution in [-0.4, -0.2) is 18.2 Å². The average Bonchev–Trinajstić information content (AvgIpc) is 2.37. The second-order valence-electron chi connectivity index (χ2n) is 5.52. The highest BCUT2D eigenvalue weighted by atomic mass is 19.4. The lowest BCUT2D eigenvalue weighted by molar-refractivity contribution is -0.137. The van der Waals surface area contributed by atoms with E-state index in [1.807, 2.05) is 0 Å². The summed E-state index contributed by atoms with van der Waals surface area (Å²) in [7, 11) is 0. The molecule has 0 aliphatic heterocycles. The molecule has 20 heavy (non-hydrogen) atoms. The Morgan fingerprint density at radius 1 is 1.15 bits per heavy atom. The van der Waals surface area contributed by atoms with Crippen LogP contribution in [0.4, 0.5) is 13.2 Å². The molecule has 0 radical (unpaired) electrons. The van der Waals surface area contributed by atoms with E-state index in [1.54, 1.807) is 0 Å². The summed E-state index contributed by atoms with van der Waals surface area (Å²) in [6.07, 6.45) is -5.31. The van der Waals surface area contributed by atoms with Gasteiger partial charge in [0.1, 0.15) is 0 Å². The molecule has 1 aromatic carbocycles. The van der Waals surface area contributed by atoms with E-state index in [0.717, 1.165) is 18.7 Å². The molecule has 2 atom stereocenters. The zero-order chi connectivity index (χ0) is 15.3. The molecule has 2 nitrogen and oxygen atoms in total. The predicted molar refractivity (Wildman–Crippen MR) is 73.3 cm³/mol. The first-order chi connectivity index (χ1) is 9.21. The van der Waals surface area contributed by atoms with Gasteiger partial charge in [0, 0.05) is 6.54 Å². The standard InChI is InChI=1S/C15H22F3NO/c1-10(2)11(3)8-19-9-14(20)12-5-4-6-13(7-12)15(16,17)18/h4-7,10-11,14,19-20H,8-9H2,1-3H3. The molecule has 0 fully saturated rings. The fourth-order valence-corrected chi connectivity index (χ4v) is 1.72. The summed E-state index contributed by atoms with van der Waals surface area (Å²) < 4.78 is 37.7. The molecule has 2 N–H and O–H groups in total. The van der Waals surface area contributed by atoms with E-state index in [-0.39, 0.29) is 12.1 Å². The Labute approximate surface area is 118 Å². The molecule has 2 unspecified atom stereocenters. The zero-order valence-corrected chi connectivity index (χ0v) is 12.0. The summed E-state index contributed by atoms with van der Waals surface area (Å²) in [5.41, 5.74) is -0.450. The van der Waals surface area contributed by atoms with Crippen LogP contribution < -0.4 is 5.32 Å². The third-order valence-electron chi connectivity index (χ3n) is 3.54. The highest BCUT2D eigenvalue weighted by Crippen LogP contribution is 2.30. The molecule has 0 aromatic heterocycles. The smallest absolute Gasteiger partial charge is 0.387 e. The fourth-order valence-electron chi connectivity index (χ4n) is 1.72. The molecule has 0 saturated carbocycles. The molecule has 0 aliphatic carbocycles. The van der Waals surface area contributed by atoms with Crippen LogP contribution >= 0.6 is 0 Å². The highest BCUT2D eigenvalue weighted by Gasteiger charge is 2.30. The van der Waals surface area contributed by atoms with Crippen molar-refractivity contribution in [1.82, 2.24) is 5.32 Å². The predicted octanol–water partition coefficient (Wildman–Crippen LogP) is 3.62. The van der Waals surface area contributed by atoms with Crippen molar-refractivity contribution in [3.05, 3.63) is 35.4 Å². The molecular weight excluding hydrogens is 267 g/mol. The number of hydrogen-bond donors (Lipinski definition) is 2. The Morgan fingerprint density at radius 2 is 1.80 bits per heavy atom. The molecule has 5 heteroatoms. The molecule has 0 spiro atoms.